The van der Waals surface area contributed by atoms with E-state index in [1.807, 2.05) is 6.07 Å². The van der Waals surface area contributed by atoms with Gasteiger partial charge in [0.05, 0.1) is 0 Å². The van der Waals surface area contributed by atoms with Crippen molar-refractivity contribution in [2.45, 2.75) is 6.04 Å². The molecule has 18 heavy (non-hydrogen) atoms. The molecule has 0 aromatic heterocycles. The number of carboxylic acids is 1. The Morgan fingerprint density at radius 3 is 2.39 bits per heavy atom. The van der Waals surface area contributed by atoms with Gasteiger partial charge in [-0.25, -0.2) is 9.59 Å². The quantitative estimate of drug-likeness (QED) is 0.723. The molecular weight excluding hydrogens is 234 g/mol. The second-order valence-electron chi connectivity index (χ2n) is 4.12. The standard InChI is InChI=1S/C12H17N3O3/c1-15(2)8-10(11(16)17)14-12(18)13-9-6-4-3-5-7-9/h3-7,10H,8H2,1-2H3,(H,16,17)(H2,13,14,18). The average Bonchev–Trinajstić information content (AvgIpc) is 2.28. The fraction of sp³-hybridized carbons (Fsp3) is 0.333. The van der Waals surface area contributed by atoms with Crippen LogP contribution in [0.5, 0.6) is 0 Å². The zero-order chi connectivity index (χ0) is 13.5. The third-order valence-corrected chi connectivity index (χ3v) is 2.18. The molecule has 0 saturated heterocycles. The number of rotatable bonds is 5. The Labute approximate surface area is 106 Å². The first kappa shape index (κ1) is 14.0. The van der Waals surface area contributed by atoms with Gasteiger partial charge in [-0.15, -0.1) is 0 Å². The van der Waals surface area contributed by atoms with Crippen molar-refractivity contribution in [3.05, 3.63) is 30.3 Å². The maximum absolute atomic E-state index is 11.6. The summed E-state index contributed by atoms with van der Waals surface area (Å²) in [5.41, 5.74) is 0.615. The number of likely N-dealkylation sites (N-methyl/N-ethyl adjacent to an activating group) is 1. The van der Waals surface area contributed by atoms with Crippen molar-refractivity contribution in [2.75, 3.05) is 26.0 Å². The van der Waals surface area contributed by atoms with Gasteiger partial charge in [-0.2, -0.15) is 0 Å². The Bertz CT molecular complexity index is 406. The fourth-order valence-electron chi connectivity index (χ4n) is 1.40. The van der Waals surface area contributed by atoms with Gasteiger partial charge in [0, 0.05) is 12.2 Å². The fourth-order valence-corrected chi connectivity index (χ4v) is 1.40. The van der Waals surface area contributed by atoms with E-state index in [4.69, 9.17) is 5.11 Å². The lowest BCUT2D eigenvalue weighted by Crippen LogP contribution is -2.48. The third kappa shape index (κ3) is 4.84. The molecule has 98 valence electrons. The Hall–Kier alpha value is -2.08. The van der Waals surface area contributed by atoms with E-state index in [9.17, 15) is 9.59 Å². The number of carbonyl (C=O) groups excluding carboxylic acids is 1. The molecule has 6 heteroatoms. The predicted octanol–water partition coefficient (Wildman–Crippen LogP) is 0.823. The highest BCUT2D eigenvalue weighted by Gasteiger charge is 2.20. The van der Waals surface area contributed by atoms with E-state index in [0.717, 1.165) is 0 Å². The minimum atomic E-state index is -1.06. The minimum absolute atomic E-state index is 0.234. The molecule has 0 radical (unpaired) electrons. The molecule has 0 spiro atoms. The maximum atomic E-state index is 11.6. The molecule has 1 atom stereocenters. The Morgan fingerprint density at radius 1 is 1.28 bits per heavy atom. The van der Waals surface area contributed by atoms with Crippen LogP contribution in [-0.4, -0.2) is 48.7 Å². The molecule has 0 bridgehead atoms. The van der Waals surface area contributed by atoms with Crippen molar-refractivity contribution >= 4 is 17.7 Å². The molecule has 1 unspecified atom stereocenters. The van der Waals surface area contributed by atoms with Crippen LogP contribution in [0, 0.1) is 0 Å². The first-order chi connectivity index (χ1) is 8.49. The molecular formula is C12H17N3O3. The van der Waals surface area contributed by atoms with Crippen LogP contribution in [0.1, 0.15) is 0 Å². The molecule has 0 fully saturated rings. The highest BCUT2D eigenvalue weighted by Crippen LogP contribution is 2.04. The molecule has 0 heterocycles. The van der Waals surface area contributed by atoms with Gasteiger partial charge >= 0.3 is 12.0 Å². The van der Waals surface area contributed by atoms with E-state index in [1.165, 1.54) is 0 Å². The smallest absolute Gasteiger partial charge is 0.327 e. The van der Waals surface area contributed by atoms with E-state index >= 15 is 0 Å². The summed E-state index contributed by atoms with van der Waals surface area (Å²) >= 11 is 0. The predicted molar refractivity (Wildman–Crippen MR) is 68.6 cm³/mol. The molecule has 1 aromatic rings. The number of hydrogen-bond donors (Lipinski definition) is 3. The molecule has 0 saturated carbocycles. The molecule has 0 aliphatic carbocycles. The van der Waals surface area contributed by atoms with Crippen LogP contribution in [0.15, 0.2) is 30.3 Å². The topological polar surface area (TPSA) is 81.7 Å². The van der Waals surface area contributed by atoms with Gasteiger partial charge in [0.15, 0.2) is 0 Å². The van der Waals surface area contributed by atoms with Gasteiger partial charge in [-0.1, -0.05) is 18.2 Å². The SMILES string of the molecule is CN(C)CC(NC(=O)Nc1ccccc1)C(=O)O. The number of anilines is 1. The lowest BCUT2D eigenvalue weighted by atomic mass is 10.3. The summed E-state index contributed by atoms with van der Waals surface area (Å²) in [4.78, 5) is 24.3. The normalized spacial score (nSPS) is 11.9. The summed E-state index contributed by atoms with van der Waals surface area (Å²) in [6.45, 7) is 0.234. The van der Waals surface area contributed by atoms with E-state index in [0.29, 0.717) is 5.69 Å². The molecule has 1 rings (SSSR count). The average molecular weight is 251 g/mol. The molecule has 1 aromatic carbocycles. The van der Waals surface area contributed by atoms with E-state index < -0.39 is 18.0 Å². The summed E-state index contributed by atoms with van der Waals surface area (Å²) in [6, 6.07) is 7.37. The molecule has 6 nitrogen and oxygen atoms in total. The Morgan fingerprint density at radius 2 is 1.89 bits per heavy atom. The minimum Gasteiger partial charge on any atom is -0.480 e. The van der Waals surface area contributed by atoms with Crippen molar-refractivity contribution in [2.24, 2.45) is 0 Å². The molecule has 0 aliphatic rings. The van der Waals surface area contributed by atoms with Crippen LogP contribution in [-0.2, 0) is 4.79 Å². The summed E-state index contributed by atoms with van der Waals surface area (Å²) in [7, 11) is 3.49. The van der Waals surface area contributed by atoms with Crippen LogP contribution in [0.4, 0.5) is 10.5 Å². The Kier molecular flexibility index (Phi) is 5.13. The summed E-state index contributed by atoms with van der Waals surface area (Å²) in [6.07, 6.45) is 0. The van der Waals surface area contributed by atoms with Crippen LogP contribution in [0.2, 0.25) is 0 Å². The second kappa shape index (κ2) is 6.61. The second-order valence-corrected chi connectivity index (χ2v) is 4.12. The zero-order valence-electron chi connectivity index (χ0n) is 10.4. The monoisotopic (exact) mass is 251 g/mol. The number of nitrogens with zero attached hydrogens (tertiary/aromatic N) is 1. The van der Waals surface area contributed by atoms with Gasteiger partial charge in [0.1, 0.15) is 6.04 Å². The lowest BCUT2D eigenvalue weighted by Gasteiger charge is -2.18. The van der Waals surface area contributed by atoms with Crippen LogP contribution in [0.3, 0.4) is 0 Å². The molecule has 0 aliphatic heterocycles. The Balaban J connectivity index is 2.54. The summed E-state index contributed by atoms with van der Waals surface area (Å²) in [5.74, 6) is -1.06. The maximum Gasteiger partial charge on any atom is 0.327 e. The first-order valence-electron chi connectivity index (χ1n) is 5.49. The number of amides is 2. The molecule has 2 amide bonds. The molecule has 3 N–H and O–H groups in total. The number of carboxylic acid groups (broad SMARTS) is 1. The number of benzene rings is 1. The highest BCUT2D eigenvalue weighted by molar-refractivity contribution is 5.92. The van der Waals surface area contributed by atoms with Gasteiger partial charge in [-0.3, -0.25) is 0 Å². The number of hydrogen-bond acceptors (Lipinski definition) is 3. The zero-order valence-corrected chi connectivity index (χ0v) is 10.4. The van der Waals surface area contributed by atoms with Crippen molar-refractivity contribution in [1.82, 2.24) is 10.2 Å². The van der Waals surface area contributed by atoms with Crippen molar-refractivity contribution in [3.63, 3.8) is 0 Å². The van der Waals surface area contributed by atoms with Crippen LogP contribution in [0.25, 0.3) is 0 Å². The van der Waals surface area contributed by atoms with Gasteiger partial charge in [0.2, 0.25) is 0 Å². The largest absolute Gasteiger partial charge is 0.480 e. The van der Waals surface area contributed by atoms with Crippen molar-refractivity contribution in [3.8, 4) is 0 Å². The number of aliphatic carboxylic acids is 1. The van der Waals surface area contributed by atoms with Crippen molar-refractivity contribution < 1.29 is 14.7 Å². The lowest BCUT2D eigenvalue weighted by molar-refractivity contribution is -0.139. The highest BCUT2D eigenvalue weighted by atomic mass is 16.4. The number of carbonyl (C=O) groups is 2. The van der Waals surface area contributed by atoms with Gasteiger partial charge in [-0.05, 0) is 26.2 Å². The van der Waals surface area contributed by atoms with E-state index in [-0.39, 0.29) is 6.54 Å². The first-order valence-corrected chi connectivity index (χ1v) is 5.49. The van der Waals surface area contributed by atoms with Crippen molar-refractivity contribution in [1.29, 1.82) is 0 Å². The van der Waals surface area contributed by atoms with E-state index in [2.05, 4.69) is 10.6 Å². The number of para-hydroxylation sites is 1. The van der Waals surface area contributed by atoms with Crippen LogP contribution >= 0.6 is 0 Å². The van der Waals surface area contributed by atoms with Gasteiger partial charge < -0.3 is 20.6 Å². The summed E-state index contributed by atoms with van der Waals surface area (Å²) in [5, 5.41) is 13.9. The number of urea groups is 1. The summed E-state index contributed by atoms with van der Waals surface area (Å²) < 4.78 is 0. The number of nitrogens with one attached hydrogen (secondary N) is 2. The third-order valence-electron chi connectivity index (χ3n) is 2.18. The van der Waals surface area contributed by atoms with Gasteiger partial charge in [0.25, 0.3) is 0 Å². The van der Waals surface area contributed by atoms with Crippen LogP contribution < -0.4 is 10.6 Å². The van der Waals surface area contributed by atoms with E-state index in [1.54, 1.807) is 43.3 Å².